The van der Waals surface area contributed by atoms with E-state index < -0.39 is 0 Å². The predicted octanol–water partition coefficient (Wildman–Crippen LogP) is 9.23. The second-order valence-corrected chi connectivity index (χ2v) is 16.2. The van der Waals surface area contributed by atoms with E-state index in [0.717, 1.165) is 24.2 Å². The van der Waals surface area contributed by atoms with E-state index in [-0.39, 0.29) is 33.5 Å². The molecule has 0 saturated carbocycles. The van der Waals surface area contributed by atoms with Crippen LogP contribution in [0.2, 0.25) is 0 Å². The molecule has 41 heavy (non-hydrogen) atoms. The Labute approximate surface area is 249 Å². The zero-order valence-corrected chi connectivity index (χ0v) is 28.1. The molecule has 0 aliphatic carbocycles. The Kier molecular flexibility index (Phi) is 7.85. The maximum Gasteiger partial charge on any atom is 0.227 e. The standard InChI is InChI=1S/C37H54N2O2/c1-22(2)24-16-26(32-27(17-24)36(10,11)20-30(40)38-32)35(8,9)14-15-37(12)21-31(41)39(13)33-28(34(5,6)7)18-25(23(3)4)19-29(33)37/h16-19,22-23H,14-15,20-21H2,1-13H3,(H,38,40). The number of carbonyl (C=O) groups is 2. The first-order valence-corrected chi connectivity index (χ1v) is 15.6. The van der Waals surface area contributed by atoms with Crippen molar-refractivity contribution in [2.45, 2.75) is 142 Å². The highest BCUT2D eigenvalue weighted by Gasteiger charge is 2.43. The molecule has 2 aromatic rings. The molecule has 1 N–H and O–H groups in total. The van der Waals surface area contributed by atoms with Crippen LogP contribution in [0, 0.1) is 0 Å². The third-order valence-corrected chi connectivity index (χ3v) is 9.96. The van der Waals surface area contributed by atoms with Gasteiger partial charge in [-0.3, -0.25) is 9.59 Å². The van der Waals surface area contributed by atoms with Crippen LogP contribution in [-0.2, 0) is 31.2 Å². The maximum absolute atomic E-state index is 13.6. The Balaban J connectivity index is 1.83. The van der Waals surface area contributed by atoms with Gasteiger partial charge in [0.2, 0.25) is 11.8 Å². The lowest BCUT2D eigenvalue weighted by atomic mass is 9.65. The van der Waals surface area contributed by atoms with Gasteiger partial charge >= 0.3 is 0 Å². The quantitative estimate of drug-likeness (QED) is 0.384. The predicted molar refractivity (Wildman–Crippen MR) is 174 cm³/mol. The number of rotatable bonds is 6. The molecule has 4 rings (SSSR count). The highest BCUT2D eigenvalue weighted by Crippen LogP contribution is 2.51. The van der Waals surface area contributed by atoms with Crippen molar-refractivity contribution in [1.29, 1.82) is 0 Å². The fourth-order valence-corrected chi connectivity index (χ4v) is 6.88. The Morgan fingerprint density at radius 2 is 1.37 bits per heavy atom. The molecule has 1 unspecified atom stereocenters. The topological polar surface area (TPSA) is 49.4 Å². The van der Waals surface area contributed by atoms with Gasteiger partial charge in [0.15, 0.2) is 0 Å². The molecule has 4 heteroatoms. The van der Waals surface area contributed by atoms with E-state index in [2.05, 4.69) is 113 Å². The first-order chi connectivity index (χ1) is 18.7. The number of amides is 2. The summed E-state index contributed by atoms with van der Waals surface area (Å²) in [6.07, 6.45) is 2.79. The van der Waals surface area contributed by atoms with Gasteiger partial charge in [0.25, 0.3) is 0 Å². The van der Waals surface area contributed by atoms with Crippen molar-refractivity contribution in [3.05, 3.63) is 57.6 Å². The van der Waals surface area contributed by atoms with Crippen LogP contribution in [-0.4, -0.2) is 18.9 Å². The molecule has 1 atom stereocenters. The molecule has 4 nitrogen and oxygen atoms in total. The minimum Gasteiger partial charge on any atom is -0.326 e. The van der Waals surface area contributed by atoms with Crippen molar-refractivity contribution in [3.8, 4) is 0 Å². The van der Waals surface area contributed by atoms with E-state index in [0.29, 0.717) is 24.7 Å². The Hall–Kier alpha value is -2.62. The van der Waals surface area contributed by atoms with Crippen molar-refractivity contribution in [2.75, 3.05) is 17.3 Å². The first kappa shape index (κ1) is 31.3. The number of nitrogens with one attached hydrogen (secondary N) is 1. The molecule has 2 amide bonds. The average Bonchev–Trinajstić information content (AvgIpc) is 2.84. The van der Waals surface area contributed by atoms with Crippen LogP contribution >= 0.6 is 0 Å². The molecular weight excluding hydrogens is 504 g/mol. The lowest BCUT2D eigenvalue weighted by Gasteiger charge is -2.44. The molecule has 2 aromatic carbocycles. The third kappa shape index (κ3) is 5.73. The number of fused-ring (bicyclic) bond motifs is 2. The van der Waals surface area contributed by atoms with Crippen LogP contribution < -0.4 is 10.2 Å². The van der Waals surface area contributed by atoms with Gasteiger partial charge in [-0.25, -0.2) is 0 Å². The summed E-state index contributed by atoms with van der Waals surface area (Å²) in [5.74, 6) is 1.08. The molecule has 2 aliphatic heterocycles. The summed E-state index contributed by atoms with van der Waals surface area (Å²) in [4.78, 5) is 28.3. The van der Waals surface area contributed by atoms with E-state index in [4.69, 9.17) is 0 Å². The summed E-state index contributed by atoms with van der Waals surface area (Å²) in [5, 5.41) is 3.28. The summed E-state index contributed by atoms with van der Waals surface area (Å²) < 4.78 is 0. The van der Waals surface area contributed by atoms with Gasteiger partial charge in [0, 0.05) is 36.4 Å². The lowest BCUT2D eigenvalue weighted by molar-refractivity contribution is -0.120. The van der Waals surface area contributed by atoms with Gasteiger partial charge in [-0.15, -0.1) is 0 Å². The maximum atomic E-state index is 13.6. The molecule has 224 valence electrons. The third-order valence-electron chi connectivity index (χ3n) is 9.96. The number of hydrogen-bond donors (Lipinski definition) is 1. The van der Waals surface area contributed by atoms with Gasteiger partial charge in [0.05, 0.1) is 5.69 Å². The van der Waals surface area contributed by atoms with Crippen LogP contribution in [0.1, 0.15) is 154 Å². The minimum absolute atomic E-state index is 0.0809. The van der Waals surface area contributed by atoms with Crippen LogP contribution in [0.3, 0.4) is 0 Å². The fraction of sp³-hybridized carbons (Fsp3) is 0.622. The molecule has 0 saturated heterocycles. The summed E-state index contributed by atoms with van der Waals surface area (Å²) in [6.45, 7) is 27.1. The Morgan fingerprint density at radius 3 is 1.90 bits per heavy atom. The molecule has 0 fully saturated rings. The molecule has 2 heterocycles. The van der Waals surface area contributed by atoms with Gasteiger partial charge in [-0.05, 0) is 68.9 Å². The molecule has 0 radical (unpaired) electrons. The van der Waals surface area contributed by atoms with Crippen LogP contribution in [0.5, 0.6) is 0 Å². The molecule has 0 spiro atoms. The monoisotopic (exact) mass is 558 g/mol. The van der Waals surface area contributed by atoms with E-state index in [1.807, 2.05) is 11.9 Å². The minimum atomic E-state index is -0.278. The number of anilines is 2. The zero-order chi connectivity index (χ0) is 30.9. The van der Waals surface area contributed by atoms with Gasteiger partial charge < -0.3 is 10.2 Å². The Morgan fingerprint density at radius 1 is 0.829 bits per heavy atom. The number of hydrogen-bond acceptors (Lipinski definition) is 2. The van der Waals surface area contributed by atoms with Crippen LogP contribution in [0.4, 0.5) is 11.4 Å². The SMILES string of the molecule is CC(C)c1cc(C(C)(C)CCC2(C)CC(=O)N(C)c3c(C(C)(C)C)cc(C(C)C)cc32)c2c(c1)C(C)(C)CC(=O)N2. The molecule has 0 bridgehead atoms. The summed E-state index contributed by atoms with van der Waals surface area (Å²) >= 11 is 0. The highest BCUT2D eigenvalue weighted by atomic mass is 16.2. The number of benzene rings is 2. The first-order valence-electron chi connectivity index (χ1n) is 15.6. The van der Waals surface area contributed by atoms with Crippen molar-refractivity contribution in [2.24, 2.45) is 0 Å². The van der Waals surface area contributed by atoms with Crippen molar-refractivity contribution in [3.63, 3.8) is 0 Å². The molecule has 0 aromatic heterocycles. The van der Waals surface area contributed by atoms with E-state index in [1.165, 1.54) is 33.4 Å². The second-order valence-electron chi connectivity index (χ2n) is 16.2. The van der Waals surface area contributed by atoms with Gasteiger partial charge in [-0.1, -0.05) is 107 Å². The second kappa shape index (κ2) is 10.3. The highest BCUT2D eigenvalue weighted by molar-refractivity contribution is 5.99. The van der Waals surface area contributed by atoms with E-state index in [9.17, 15) is 9.59 Å². The largest absolute Gasteiger partial charge is 0.326 e. The number of nitrogens with zero attached hydrogens (tertiary/aromatic N) is 1. The molecular formula is C37H54N2O2. The van der Waals surface area contributed by atoms with Crippen molar-refractivity contribution < 1.29 is 9.59 Å². The van der Waals surface area contributed by atoms with Crippen molar-refractivity contribution >= 4 is 23.2 Å². The summed E-state index contributed by atoms with van der Waals surface area (Å²) in [5.41, 5.74) is 9.01. The van der Waals surface area contributed by atoms with Crippen LogP contribution in [0.15, 0.2) is 24.3 Å². The Bertz CT molecular complexity index is 1370. The normalized spacial score (nSPS) is 20.8. The fourth-order valence-electron chi connectivity index (χ4n) is 6.88. The molecule has 2 aliphatic rings. The average molecular weight is 559 g/mol. The lowest BCUT2D eigenvalue weighted by Crippen LogP contribution is -2.43. The van der Waals surface area contributed by atoms with Gasteiger partial charge in [0.1, 0.15) is 0 Å². The smallest absolute Gasteiger partial charge is 0.227 e. The van der Waals surface area contributed by atoms with Crippen LogP contribution in [0.25, 0.3) is 0 Å². The van der Waals surface area contributed by atoms with Crippen molar-refractivity contribution in [1.82, 2.24) is 0 Å². The zero-order valence-electron chi connectivity index (χ0n) is 28.1. The van der Waals surface area contributed by atoms with E-state index in [1.54, 1.807) is 0 Å². The number of carbonyl (C=O) groups excluding carboxylic acids is 2. The van der Waals surface area contributed by atoms with E-state index >= 15 is 0 Å². The van der Waals surface area contributed by atoms with Gasteiger partial charge in [-0.2, -0.15) is 0 Å². The summed E-state index contributed by atoms with van der Waals surface area (Å²) in [6, 6.07) is 9.36. The summed E-state index contributed by atoms with van der Waals surface area (Å²) in [7, 11) is 1.95.